The van der Waals surface area contributed by atoms with Gasteiger partial charge in [-0.05, 0) is 41.3 Å². The number of rotatable bonds is 2. The summed E-state index contributed by atoms with van der Waals surface area (Å²) in [5.74, 6) is 0.672. The minimum Gasteiger partial charge on any atom is -0.326 e. The van der Waals surface area contributed by atoms with E-state index in [1.54, 1.807) is 0 Å². The summed E-state index contributed by atoms with van der Waals surface area (Å²) in [5.41, 5.74) is 8.66. The lowest BCUT2D eigenvalue weighted by molar-refractivity contribution is 0.718. The molecule has 0 bridgehead atoms. The molecule has 0 aliphatic heterocycles. The molecule has 0 atom stereocenters. The highest BCUT2D eigenvalue weighted by molar-refractivity contribution is 6.35. The smallest absolute Gasteiger partial charge is 0.0484 e. The van der Waals surface area contributed by atoms with Gasteiger partial charge in [-0.25, -0.2) is 0 Å². The van der Waals surface area contributed by atoms with E-state index in [0.717, 1.165) is 5.02 Å². The van der Waals surface area contributed by atoms with E-state index < -0.39 is 0 Å². The Morgan fingerprint density at radius 2 is 1.83 bits per heavy atom. The van der Waals surface area contributed by atoms with E-state index in [9.17, 15) is 0 Å². The van der Waals surface area contributed by atoms with Crippen LogP contribution in [-0.2, 0) is 6.54 Å². The fourth-order valence-corrected chi connectivity index (χ4v) is 3.50. The van der Waals surface area contributed by atoms with Crippen molar-refractivity contribution in [3.63, 3.8) is 0 Å². The van der Waals surface area contributed by atoms with Crippen LogP contribution in [0.2, 0.25) is 5.02 Å². The first-order chi connectivity index (χ1) is 8.81. The van der Waals surface area contributed by atoms with E-state index in [4.69, 9.17) is 17.3 Å². The molecule has 0 amide bonds. The standard InChI is InChI=1S/C16H18ClN/c17-15-7-3-6-14-13(15)9-8-12(10-18)16(14)11-4-1-2-5-11/h3,6-9,11H,1-2,4-5,10,18H2. The summed E-state index contributed by atoms with van der Waals surface area (Å²) in [6, 6.07) is 10.5. The van der Waals surface area contributed by atoms with E-state index in [0.29, 0.717) is 12.5 Å². The van der Waals surface area contributed by atoms with E-state index in [-0.39, 0.29) is 0 Å². The topological polar surface area (TPSA) is 26.0 Å². The van der Waals surface area contributed by atoms with Crippen LogP contribution in [-0.4, -0.2) is 0 Å². The van der Waals surface area contributed by atoms with Crippen LogP contribution in [0, 0.1) is 0 Å². The van der Waals surface area contributed by atoms with Crippen molar-refractivity contribution in [2.24, 2.45) is 5.73 Å². The maximum Gasteiger partial charge on any atom is 0.0484 e. The molecule has 2 aromatic carbocycles. The molecule has 18 heavy (non-hydrogen) atoms. The monoisotopic (exact) mass is 259 g/mol. The Morgan fingerprint density at radius 3 is 2.56 bits per heavy atom. The van der Waals surface area contributed by atoms with Gasteiger partial charge in [0.25, 0.3) is 0 Å². The molecular formula is C16H18ClN. The maximum atomic E-state index is 6.30. The summed E-state index contributed by atoms with van der Waals surface area (Å²) < 4.78 is 0. The van der Waals surface area contributed by atoms with Gasteiger partial charge in [0, 0.05) is 17.0 Å². The zero-order valence-electron chi connectivity index (χ0n) is 10.5. The van der Waals surface area contributed by atoms with Gasteiger partial charge in [0.05, 0.1) is 0 Å². The van der Waals surface area contributed by atoms with Crippen LogP contribution in [0.4, 0.5) is 0 Å². The van der Waals surface area contributed by atoms with Gasteiger partial charge in [-0.15, -0.1) is 0 Å². The average Bonchev–Trinajstić information content (AvgIpc) is 2.91. The van der Waals surface area contributed by atoms with Crippen molar-refractivity contribution in [3.05, 3.63) is 46.5 Å². The number of hydrogen-bond acceptors (Lipinski definition) is 1. The second kappa shape index (κ2) is 4.91. The summed E-state index contributed by atoms with van der Waals surface area (Å²) in [4.78, 5) is 0. The van der Waals surface area contributed by atoms with Crippen molar-refractivity contribution in [2.75, 3.05) is 0 Å². The number of fused-ring (bicyclic) bond motifs is 1. The zero-order chi connectivity index (χ0) is 12.5. The van der Waals surface area contributed by atoms with Crippen molar-refractivity contribution >= 4 is 22.4 Å². The predicted octanol–water partition coefficient (Wildman–Crippen LogP) is 4.61. The van der Waals surface area contributed by atoms with Gasteiger partial charge in [0.15, 0.2) is 0 Å². The highest BCUT2D eigenvalue weighted by Gasteiger charge is 2.21. The summed E-state index contributed by atoms with van der Waals surface area (Å²) in [5, 5.41) is 3.31. The number of benzene rings is 2. The van der Waals surface area contributed by atoms with Crippen LogP contribution in [0.15, 0.2) is 30.3 Å². The van der Waals surface area contributed by atoms with Crippen LogP contribution in [0.1, 0.15) is 42.7 Å². The van der Waals surface area contributed by atoms with E-state index in [2.05, 4.69) is 18.2 Å². The second-order valence-electron chi connectivity index (χ2n) is 5.16. The molecule has 2 aromatic rings. The molecular weight excluding hydrogens is 242 g/mol. The summed E-state index contributed by atoms with van der Waals surface area (Å²) in [6.07, 6.45) is 5.26. The largest absolute Gasteiger partial charge is 0.326 e. The second-order valence-corrected chi connectivity index (χ2v) is 5.57. The Kier molecular flexibility index (Phi) is 3.27. The molecule has 1 aliphatic rings. The highest BCUT2D eigenvalue weighted by atomic mass is 35.5. The summed E-state index contributed by atoms with van der Waals surface area (Å²) in [7, 11) is 0. The van der Waals surface area contributed by atoms with Crippen molar-refractivity contribution in [3.8, 4) is 0 Å². The Morgan fingerprint density at radius 1 is 1.06 bits per heavy atom. The third kappa shape index (κ3) is 1.92. The lowest BCUT2D eigenvalue weighted by Crippen LogP contribution is -2.05. The van der Waals surface area contributed by atoms with Crippen LogP contribution in [0.5, 0.6) is 0 Å². The first-order valence-electron chi connectivity index (χ1n) is 6.71. The Labute approximate surface area is 113 Å². The minimum atomic E-state index is 0.619. The molecule has 2 heteroatoms. The molecule has 2 N–H and O–H groups in total. The first kappa shape index (κ1) is 12.0. The van der Waals surface area contributed by atoms with Crippen LogP contribution in [0.25, 0.3) is 10.8 Å². The molecule has 1 nitrogen and oxygen atoms in total. The Balaban J connectivity index is 2.27. The normalized spacial score (nSPS) is 16.6. The van der Waals surface area contributed by atoms with Crippen molar-refractivity contribution in [1.29, 1.82) is 0 Å². The lowest BCUT2D eigenvalue weighted by atomic mass is 9.88. The van der Waals surface area contributed by atoms with Crippen LogP contribution < -0.4 is 5.73 Å². The van der Waals surface area contributed by atoms with Gasteiger partial charge >= 0.3 is 0 Å². The van der Waals surface area contributed by atoms with E-state index >= 15 is 0 Å². The maximum absolute atomic E-state index is 6.30. The Bertz CT molecular complexity index is 571. The minimum absolute atomic E-state index is 0.619. The fraction of sp³-hybridized carbons (Fsp3) is 0.375. The SMILES string of the molecule is NCc1ccc2c(Cl)cccc2c1C1CCCC1. The first-order valence-corrected chi connectivity index (χ1v) is 7.09. The van der Waals surface area contributed by atoms with Gasteiger partial charge in [-0.2, -0.15) is 0 Å². The molecule has 0 saturated heterocycles. The van der Waals surface area contributed by atoms with Gasteiger partial charge in [0.1, 0.15) is 0 Å². The van der Waals surface area contributed by atoms with Gasteiger partial charge in [-0.1, -0.05) is 48.7 Å². The Hall–Kier alpha value is -1.05. The third-order valence-electron chi connectivity index (χ3n) is 4.12. The average molecular weight is 260 g/mol. The lowest BCUT2D eigenvalue weighted by Gasteiger charge is -2.18. The van der Waals surface area contributed by atoms with Gasteiger partial charge in [0.2, 0.25) is 0 Å². The van der Waals surface area contributed by atoms with E-state index in [1.807, 2.05) is 12.1 Å². The molecule has 0 spiro atoms. The molecule has 0 heterocycles. The predicted molar refractivity (Wildman–Crippen MR) is 78.1 cm³/mol. The quantitative estimate of drug-likeness (QED) is 0.837. The van der Waals surface area contributed by atoms with Crippen molar-refractivity contribution in [2.45, 2.75) is 38.1 Å². The molecule has 3 rings (SSSR count). The van der Waals surface area contributed by atoms with Gasteiger partial charge < -0.3 is 5.73 Å². The number of hydrogen-bond donors (Lipinski definition) is 1. The molecule has 0 radical (unpaired) electrons. The number of nitrogens with two attached hydrogens (primary N) is 1. The number of halogens is 1. The fourth-order valence-electron chi connectivity index (χ4n) is 3.26. The molecule has 1 saturated carbocycles. The molecule has 1 fully saturated rings. The molecule has 0 unspecified atom stereocenters. The summed E-state index contributed by atoms with van der Waals surface area (Å²) >= 11 is 6.30. The third-order valence-corrected chi connectivity index (χ3v) is 4.45. The molecule has 1 aliphatic carbocycles. The van der Waals surface area contributed by atoms with Crippen molar-refractivity contribution < 1.29 is 0 Å². The molecule has 94 valence electrons. The van der Waals surface area contributed by atoms with Crippen LogP contribution in [0.3, 0.4) is 0 Å². The summed E-state index contributed by atoms with van der Waals surface area (Å²) in [6.45, 7) is 0.619. The van der Waals surface area contributed by atoms with Gasteiger partial charge in [-0.3, -0.25) is 0 Å². The molecule has 0 aromatic heterocycles. The van der Waals surface area contributed by atoms with E-state index in [1.165, 1.54) is 47.6 Å². The van der Waals surface area contributed by atoms with Crippen LogP contribution >= 0.6 is 11.6 Å². The van der Waals surface area contributed by atoms with Crippen molar-refractivity contribution in [1.82, 2.24) is 0 Å². The zero-order valence-corrected chi connectivity index (χ0v) is 11.2. The highest BCUT2D eigenvalue weighted by Crippen LogP contribution is 2.40.